The zero-order valence-corrected chi connectivity index (χ0v) is 11.0. The summed E-state index contributed by atoms with van der Waals surface area (Å²) in [4.78, 5) is 4.35. The van der Waals surface area contributed by atoms with Gasteiger partial charge in [0.25, 0.3) is 0 Å². The molecule has 1 heterocycles. The van der Waals surface area contributed by atoms with Gasteiger partial charge >= 0.3 is 0 Å². The smallest absolute Gasteiger partial charge is 0.128 e. The highest BCUT2D eigenvalue weighted by Crippen LogP contribution is 2.24. The molecule has 0 amide bonds. The fourth-order valence-electron chi connectivity index (χ4n) is 2.35. The summed E-state index contributed by atoms with van der Waals surface area (Å²) in [7, 11) is 0. The monoisotopic (exact) mass is 291 g/mol. The van der Waals surface area contributed by atoms with Gasteiger partial charge < -0.3 is 5.73 Å². The number of fused-ring (bicyclic) bond motifs is 1. The molecule has 1 aromatic heterocycles. The molecule has 2 N–H and O–H groups in total. The van der Waals surface area contributed by atoms with Crippen LogP contribution in [0.5, 0.6) is 0 Å². The van der Waals surface area contributed by atoms with Crippen molar-refractivity contribution in [2.24, 2.45) is 5.73 Å². The Bertz CT molecular complexity index is 791. The van der Waals surface area contributed by atoms with Crippen LogP contribution in [0.3, 0.4) is 0 Å². The molecule has 0 aliphatic carbocycles. The molecule has 108 valence electrons. The summed E-state index contributed by atoms with van der Waals surface area (Å²) in [6.07, 6.45) is 0.411. The highest BCUT2D eigenvalue weighted by atomic mass is 19.1. The van der Waals surface area contributed by atoms with E-state index in [1.807, 2.05) is 0 Å². The predicted molar refractivity (Wildman–Crippen MR) is 73.7 cm³/mol. The van der Waals surface area contributed by atoms with Crippen molar-refractivity contribution in [1.29, 1.82) is 0 Å². The maximum absolute atomic E-state index is 13.5. The number of hydrogen-bond acceptors (Lipinski definition) is 2. The topological polar surface area (TPSA) is 43.8 Å². The van der Waals surface area contributed by atoms with Gasteiger partial charge in [0.15, 0.2) is 0 Å². The van der Waals surface area contributed by atoms with Gasteiger partial charge in [-0.2, -0.15) is 0 Å². The number of rotatable bonds is 3. The quantitative estimate of drug-likeness (QED) is 0.806. The van der Waals surface area contributed by atoms with Crippen molar-refractivity contribution in [3.8, 4) is 5.69 Å². The van der Waals surface area contributed by atoms with E-state index in [9.17, 15) is 13.2 Å². The molecule has 0 fully saturated rings. The summed E-state index contributed by atoms with van der Waals surface area (Å²) in [5.41, 5.74) is 6.79. The Morgan fingerprint density at radius 3 is 2.33 bits per heavy atom. The molecule has 3 rings (SSSR count). The SMILES string of the molecule is NCCc1nc2ccc(F)cc2n1-c1cc(F)cc(F)c1. The number of imidazole rings is 1. The Hall–Kier alpha value is -2.34. The van der Waals surface area contributed by atoms with Gasteiger partial charge in [-0.25, -0.2) is 18.2 Å². The molecule has 0 saturated carbocycles. The van der Waals surface area contributed by atoms with Crippen molar-refractivity contribution >= 4 is 11.0 Å². The van der Waals surface area contributed by atoms with E-state index < -0.39 is 17.5 Å². The Balaban J connectivity index is 2.32. The van der Waals surface area contributed by atoms with Crippen LogP contribution in [0.25, 0.3) is 16.7 Å². The minimum atomic E-state index is -0.707. The molecule has 0 atom stereocenters. The van der Waals surface area contributed by atoms with Gasteiger partial charge in [-0.05, 0) is 30.8 Å². The van der Waals surface area contributed by atoms with E-state index in [1.165, 1.54) is 34.9 Å². The second-order valence-electron chi connectivity index (χ2n) is 4.66. The highest BCUT2D eigenvalue weighted by Gasteiger charge is 2.14. The van der Waals surface area contributed by atoms with Gasteiger partial charge in [0, 0.05) is 18.6 Å². The lowest BCUT2D eigenvalue weighted by Gasteiger charge is -2.09. The molecule has 2 aromatic carbocycles. The van der Waals surface area contributed by atoms with Gasteiger partial charge in [-0.1, -0.05) is 0 Å². The zero-order valence-electron chi connectivity index (χ0n) is 11.0. The van der Waals surface area contributed by atoms with Crippen molar-refractivity contribution in [1.82, 2.24) is 9.55 Å². The largest absolute Gasteiger partial charge is 0.330 e. The fraction of sp³-hybridized carbons (Fsp3) is 0.133. The first kappa shape index (κ1) is 13.6. The Labute approximate surface area is 118 Å². The maximum Gasteiger partial charge on any atom is 0.128 e. The minimum Gasteiger partial charge on any atom is -0.330 e. The Morgan fingerprint density at radius 1 is 0.952 bits per heavy atom. The first-order valence-electron chi connectivity index (χ1n) is 6.42. The van der Waals surface area contributed by atoms with Crippen LogP contribution < -0.4 is 5.73 Å². The molecule has 0 unspecified atom stereocenters. The van der Waals surface area contributed by atoms with Crippen LogP contribution in [-0.2, 0) is 6.42 Å². The predicted octanol–water partition coefficient (Wildman–Crippen LogP) is 2.94. The summed E-state index contributed by atoms with van der Waals surface area (Å²) in [5.74, 6) is -1.33. The van der Waals surface area contributed by atoms with Crippen LogP contribution in [-0.4, -0.2) is 16.1 Å². The number of aromatic nitrogens is 2. The molecular formula is C15H12F3N3. The summed E-state index contributed by atoms with van der Waals surface area (Å²) in [6, 6.07) is 7.23. The minimum absolute atomic E-state index is 0.254. The zero-order chi connectivity index (χ0) is 15.0. The first-order valence-corrected chi connectivity index (χ1v) is 6.42. The number of halogens is 3. The van der Waals surface area contributed by atoms with Gasteiger partial charge in [0.05, 0.1) is 16.7 Å². The van der Waals surface area contributed by atoms with Crippen molar-refractivity contribution in [2.75, 3.05) is 6.54 Å². The van der Waals surface area contributed by atoms with Crippen molar-refractivity contribution in [3.63, 3.8) is 0 Å². The Morgan fingerprint density at radius 2 is 1.67 bits per heavy atom. The van der Waals surface area contributed by atoms with E-state index in [-0.39, 0.29) is 5.69 Å². The van der Waals surface area contributed by atoms with Crippen LogP contribution in [0.1, 0.15) is 5.82 Å². The third-order valence-electron chi connectivity index (χ3n) is 3.16. The lowest BCUT2D eigenvalue weighted by molar-refractivity contribution is 0.581. The molecule has 3 nitrogen and oxygen atoms in total. The molecule has 0 saturated heterocycles. The van der Waals surface area contributed by atoms with E-state index >= 15 is 0 Å². The van der Waals surface area contributed by atoms with Crippen LogP contribution in [0, 0.1) is 17.5 Å². The molecule has 0 bridgehead atoms. The summed E-state index contributed by atoms with van der Waals surface area (Å²) < 4.78 is 41.9. The Kier molecular flexibility index (Phi) is 3.39. The van der Waals surface area contributed by atoms with E-state index in [2.05, 4.69) is 4.98 Å². The maximum atomic E-state index is 13.5. The number of benzene rings is 2. The van der Waals surface area contributed by atoms with Gasteiger partial charge in [-0.3, -0.25) is 4.57 Å². The highest BCUT2D eigenvalue weighted by molar-refractivity contribution is 5.78. The molecule has 0 aliphatic heterocycles. The molecule has 0 aliphatic rings. The second-order valence-corrected chi connectivity index (χ2v) is 4.66. The van der Waals surface area contributed by atoms with Crippen molar-refractivity contribution in [3.05, 3.63) is 59.7 Å². The number of nitrogens with two attached hydrogens (primary N) is 1. The standard InChI is InChI=1S/C15H12F3N3/c16-9-1-2-13-14(8-9)21(15(20-13)3-4-19)12-6-10(17)5-11(18)7-12/h1-2,5-8H,3-4,19H2. The summed E-state index contributed by atoms with van der Waals surface area (Å²) >= 11 is 0. The first-order chi connectivity index (χ1) is 10.1. The van der Waals surface area contributed by atoms with Gasteiger partial charge in [-0.15, -0.1) is 0 Å². The van der Waals surface area contributed by atoms with E-state index in [0.717, 1.165) is 6.07 Å². The molecular weight excluding hydrogens is 279 g/mol. The molecule has 6 heteroatoms. The summed E-state index contributed by atoms with van der Waals surface area (Å²) in [5, 5.41) is 0. The van der Waals surface area contributed by atoms with Crippen LogP contribution in [0.2, 0.25) is 0 Å². The van der Waals surface area contributed by atoms with Gasteiger partial charge in [0.2, 0.25) is 0 Å². The van der Waals surface area contributed by atoms with Crippen LogP contribution >= 0.6 is 0 Å². The number of nitrogens with zero attached hydrogens (tertiary/aromatic N) is 2. The number of hydrogen-bond donors (Lipinski definition) is 1. The second kappa shape index (κ2) is 5.21. The lowest BCUT2D eigenvalue weighted by atomic mass is 10.2. The van der Waals surface area contributed by atoms with Gasteiger partial charge in [0.1, 0.15) is 23.3 Å². The van der Waals surface area contributed by atoms with E-state index in [0.29, 0.717) is 29.8 Å². The molecule has 21 heavy (non-hydrogen) atoms. The fourth-order valence-corrected chi connectivity index (χ4v) is 2.35. The van der Waals surface area contributed by atoms with E-state index in [4.69, 9.17) is 5.73 Å². The van der Waals surface area contributed by atoms with Crippen LogP contribution in [0.4, 0.5) is 13.2 Å². The third kappa shape index (κ3) is 2.50. The third-order valence-corrected chi connectivity index (χ3v) is 3.16. The molecule has 0 radical (unpaired) electrons. The van der Waals surface area contributed by atoms with Crippen molar-refractivity contribution < 1.29 is 13.2 Å². The molecule has 0 spiro atoms. The lowest BCUT2D eigenvalue weighted by Crippen LogP contribution is -2.09. The van der Waals surface area contributed by atoms with E-state index in [1.54, 1.807) is 0 Å². The average molecular weight is 291 g/mol. The van der Waals surface area contributed by atoms with Crippen molar-refractivity contribution in [2.45, 2.75) is 6.42 Å². The van der Waals surface area contributed by atoms with Crippen LogP contribution in [0.15, 0.2) is 36.4 Å². The summed E-state index contributed by atoms with van der Waals surface area (Å²) in [6.45, 7) is 0.323. The average Bonchev–Trinajstić information content (AvgIpc) is 2.75. The molecule has 3 aromatic rings. The normalized spacial score (nSPS) is 11.2.